The molecule has 0 saturated heterocycles. The lowest BCUT2D eigenvalue weighted by Crippen LogP contribution is -2.25. The Kier molecular flexibility index (Phi) is 4.18. The molecule has 4 aromatic rings. The Morgan fingerprint density at radius 1 is 0.963 bits per heavy atom. The fraction of sp³-hybridized carbons (Fsp3) is 0.0500. The van der Waals surface area contributed by atoms with Gasteiger partial charge in [-0.1, -0.05) is 36.4 Å². The number of rotatable bonds is 4. The molecule has 4 rings (SSSR count). The van der Waals surface area contributed by atoms with Gasteiger partial charge in [-0.15, -0.1) is 0 Å². The minimum atomic E-state index is -0.451. The van der Waals surface area contributed by atoms with E-state index in [1.165, 1.54) is 10.6 Å². The number of pyridine rings is 1. The van der Waals surface area contributed by atoms with Gasteiger partial charge in [-0.05, 0) is 24.3 Å². The number of nitro groups is 1. The third-order valence-electron chi connectivity index (χ3n) is 4.24. The molecule has 0 aliphatic rings. The first-order chi connectivity index (χ1) is 13.1. The minimum Gasteiger partial charge on any atom is -0.267 e. The minimum absolute atomic E-state index is 0.0313. The highest BCUT2D eigenvalue weighted by atomic mass is 16.6. The van der Waals surface area contributed by atoms with Gasteiger partial charge in [0.2, 0.25) is 0 Å². The average Bonchev–Trinajstić information content (AvgIpc) is 2.69. The van der Waals surface area contributed by atoms with Crippen molar-refractivity contribution in [1.82, 2.24) is 14.5 Å². The molecule has 7 heteroatoms. The third-order valence-corrected chi connectivity index (χ3v) is 4.24. The molecule has 0 aliphatic carbocycles. The second kappa shape index (κ2) is 6.80. The molecule has 0 aliphatic heterocycles. The smallest absolute Gasteiger partial charge is 0.267 e. The molecule has 2 aromatic carbocycles. The Bertz CT molecular complexity index is 1200. The van der Waals surface area contributed by atoms with Crippen molar-refractivity contribution in [2.75, 3.05) is 0 Å². The highest BCUT2D eigenvalue weighted by molar-refractivity contribution is 5.72. The predicted molar refractivity (Wildman–Crippen MR) is 101 cm³/mol. The lowest BCUT2D eigenvalue weighted by Gasteiger charge is -2.11. The van der Waals surface area contributed by atoms with Crippen molar-refractivity contribution in [3.8, 4) is 5.69 Å². The van der Waals surface area contributed by atoms with E-state index in [-0.39, 0.29) is 23.4 Å². The average molecular weight is 358 g/mol. The second-order valence-electron chi connectivity index (χ2n) is 5.94. The molecule has 0 atom stereocenters. The van der Waals surface area contributed by atoms with Gasteiger partial charge in [0.25, 0.3) is 11.2 Å². The number of nitro benzene ring substituents is 1. The van der Waals surface area contributed by atoms with Crippen LogP contribution in [-0.4, -0.2) is 19.5 Å². The lowest BCUT2D eigenvalue weighted by atomic mass is 10.1. The summed E-state index contributed by atoms with van der Waals surface area (Å²) in [4.78, 5) is 32.7. The summed E-state index contributed by atoms with van der Waals surface area (Å²) < 4.78 is 1.49. The van der Waals surface area contributed by atoms with E-state index in [2.05, 4.69) is 9.97 Å². The van der Waals surface area contributed by atoms with Gasteiger partial charge in [0, 0.05) is 24.2 Å². The first-order valence-electron chi connectivity index (χ1n) is 8.29. The Balaban J connectivity index is 1.95. The molecule has 2 aromatic heterocycles. The van der Waals surface area contributed by atoms with Crippen molar-refractivity contribution in [2.24, 2.45) is 0 Å². The first kappa shape index (κ1) is 16.6. The quantitative estimate of drug-likeness (QED) is 0.412. The van der Waals surface area contributed by atoms with Gasteiger partial charge in [0.1, 0.15) is 11.2 Å². The number of para-hydroxylation sites is 2. The van der Waals surface area contributed by atoms with Crippen LogP contribution in [0.1, 0.15) is 11.3 Å². The van der Waals surface area contributed by atoms with Gasteiger partial charge in [-0.3, -0.25) is 19.5 Å². The number of hydrogen-bond donors (Lipinski definition) is 0. The summed E-state index contributed by atoms with van der Waals surface area (Å²) in [5.74, 6) is 0. The highest BCUT2D eigenvalue weighted by Gasteiger charge is 2.18. The van der Waals surface area contributed by atoms with E-state index in [0.717, 1.165) is 0 Å². The van der Waals surface area contributed by atoms with Gasteiger partial charge in [-0.2, -0.15) is 0 Å². The fourth-order valence-electron chi connectivity index (χ4n) is 3.02. The standard InChI is InChI=1S/C20H14N4O3/c25-20-17(13-14-7-4-5-11-18(14)24(26)27)22-16-10-6-12-21-19(16)23(20)15-8-2-1-3-9-15/h1-12H,13H2. The molecule has 2 heterocycles. The Morgan fingerprint density at radius 3 is 2.48 bits per heavy atom. The fourth-order valence-corrected chi connectivity index (χ4v) is 3.02. The number of hydrogen-bond acceptors (Lipinski definition) is 5. The van der Waals surface area contributed by atoms with Crippen LogP contribution in [0.25, 0.3) is 16.9 Å². The summed E-state index contributed by atoms with van der Waals surface area (Å²) in [7, 11) is 0. The van der Waals surface area contributed by atoms with Crippen LogP contribution in [0.4, 0.5) is 5.69 Å². The molecule has 0 bridgehead atoms. The van der Waals surface area contributed by atoms with Crippen molar-refractivity contribution < 1.29 is 4.92 Å². The number of benzene rings is 2. The molecule has 27 heavy (non-hydrogen) atoms. The molecule has 0 fully saturated rings. The maximum absolute atomic E-state index is 13.2. The second-order valence-corrected chi connectivity index (χ2v) is 5.94. The lowest BCUT2D eigenvalue weighted by molar-refractivity contribution is -0.385. The SMILES string of the molecule is O=c1c(Cc2ccccc2[N+](=O)[O-])nc2cccnc2n1-c1ccccc1. The predicted octanol–water partition coefficient (Wildman–Crippen LogP) is 3.28. The summed E-state index contributed by atoms with van der Waals surface area (Å²) in [6.45, 7) is 0. The number of aromatic nitrogens is 3. The van der Waals surface area contributed by atoms with Crippen molar-refractivity contribution in [2.45, 2.75) is 6.42 Å². The monoisotopic (exact) mass is 358 g/mol. The van der Waals surface area contributed by atoms with Gasteiger partial charge in [0.05, 0.1) is 10.6 Å². The van der Waals surface area contributed by atoms with E-state index in [4.69, 9.17) is 0 Å². The summed E-state index contributed by atoms with van der Waals surface area (Å²) in [5.41, 5.74) is 1.96. The molecule has 0 N–H and O–H groups in total. The zero-order chi connectivity index (χ0) is 18.8. The van der Waals surface area contributed by atoms with Crippen molar-refractivity contribution in [3.63, 3.8) is 0 Å². The molecule has 0 radical (unpaired) electrons. The first-order valence-corrected chi connectivity index (χ1v) is 8.29. The van der Waals surface area contributed by atoms with E-state index in [9.17, 15) is 14.9 Å². The zero-order valence-corrected chi connectivity index (χ0v) is 14.1. The van der Waals surface area contributed by atoms with Gasteiger partial charge in [-0.25, -0.2) is 9.97 Å². The topological polar surface area (TPSA) is 90.9 Å². The van der Waals surface area contributed by atoms with E-state index in [1.807, 2.05) is 30.3 Å². The summed E-state index contributed by atoms with van der Waals surface area (Å²) in [6, 6.07) is 19.0. The van der Waals surface area contributed by atoms with E-state index < -0.39 is 4.92 Å². The highest BCUT2D eigenvalue weighted by Crippen LogP contribution is 2.21. The number of nitrogens with zero attached hydrogens (tertiary/aromatic N) is 4. The van der Waals surface area contributed by atoms with E-state index >= 15 is 0 Å². The normalized spacial score (nSPS) is 10.8. The van der Waals surface area contributed by atoms with Crippen molar-refractivity contribution in [1.29, 1.82) is 0 Å². The number of fused-ring (bicyclic) bond motifs is 1. The third kappa shape index (κ3) is 3.06. The van der Waals surface area contributed by atoms with Crippen LogP contribution >= 0.6 is 0 Å². The molecular weight excluding hydrogens is 344 g/mol. The zero-order valence-electron chi connectivity index (χ0n) is 14.1. The largest absolute Gasteiger partial charge is 0.278 e. The maximum Gasteiger partial charge on any atom is 0.278 e. The van der Waals surface area contributed by atoms with Crippen LogP contribution in [-0.2, 0) is 6.42 Å². The molecule has 132 valence electrons. The van der Waals surface area contributed by atoms with Crippen LogP contribution < -0.4 is 5.56 Å². The molecule has 0 spiro atoms. The van der Waals surface area contributed by atoms with Crippen molar-refractivity contribution >= 4 is 16.9 Å². The van der Waals surface area contributed by atoms with Crippen molar-refractivity contribution in [3.05, 3.63) is 105 Å². The molecule has 0 amide bonds. The van der Waals surface area contributed by atoms with Gasteiger partial charge in [0.15, 0.2) is 5.65 Å². The molecule has 0 saturated carbocycles. The van der Waals surface area contributed by atoms with E-state index in [1.54, 1.807) is 36.5 Å². The maximum atomic E-state index is 13.2. The van der Waals surface area contributed by atoms with E-state index in [0.29, 0.717) is 22.4 Å². The molecule has 7 nitrogen and oxygen atoms in total. The van der Waals surface area contributed by atoms with Crippen LogP contribution in [0.2, 0.25) is 0 Å². The summed E-state index contributed by atoms with van der Waals surface area (Å²) in [5, 5.41) is 11.3. The molecule has 0 unspecified atom stereocenters. The molecular formula is C20H14N4O3. The van der Waals surface area contributed by atoms with Gasteiger partial charge < -0.3 is 0 Å². The van der Waals surface area contributed by atoms with Crippen LogP contribution in [0.5, 0.6) is 0 Å². The Morgan fingerprint density at radius 2 is 1.70 bits per heavy atom. The summed E-state index contributed by atoms with van der Waals surface area (Å²) >= 11 is 0. The Labute approximate surface area is 153 Å². The Hall–Kier alpha value is -3.87. The van der Waals surface area contributed by atoms with Crippen LogP contribution in [0, 0.1) is 10.1 Å². The summed E-state index contributed by atoms with van der Waals surface area (Å²) in [6.07, 6.45) is 1.66. The van der Waals surface area contributed by atoms with Crippen LogP contribution in [0.3, 0.4) is 0 Å². The van der Waals surface area contributed by atoms with Crippen LogP contribution in [0.15, 0.2) is 77.7 Å². The van der Waals surface area contributed by atoms with Gasteiger partial charge >= 0.3 is 0 Å².